The molecule has 20 heavy (non-hydrogen) atoms. The van der Waals surface area contributed by atoms with Crippen molar-refractivity contribution in [1.29, 1.82) is 0 Å². The number of nitrogens with two attached hydrogens (primary N) is 2. The van der Waals surface area contributed by atoms with Crippen LogP contribution < -0.4 is 20.9 Å². The lowest BCUT2D eigenvalue weighted by molar-refractivity contribution is 0.409. The molecule has 106 valence electrons. The van der Waals surface area contributed by atoms with Gasteiger partial charge in [0.25, 0.3) is 0 Å². The van der Waals surface area contributed by atoms with Crippen LogP contribution in [0.25, 0.3) is 0 Å². The third kappa shape index (κ3) is 2.93. The Morgan fingerprint density at radius 1 is 1.20 bits per heavy atom. The second-order valence-electron chi connectivity index (χ2n) is 4.03. The van der Waals surface area contributed by atoms with Crippen LogP contribution in [-0.4, -0.2) is 17.1 Å². The van der Waals surface area contributed by atoms with Gasteiger partial charge in [-0.1, -0.05) is 6.92 Å². The van der Waals surface area contributed by atoms with Crippen molar-refractivity contribution in [3.05, 3.63) is 28.4 Å². The molecule has 2 rings (SSSR count). The summed E-state index contributed by atoms with van der Waals surface area (Å²) in [5, 5.41) is 0. The Balaban J connectivity index is 2.40. The van der Waals surface area contributed by atoms with Gasteiger partial charge in [0.15, 0.2) is 11.6 Å². The van der Waals surface area contributed by atoms with Gasteiger partial charge >= 0.3 is 0 Å². The SMILES string of the molecule is CCc1cc(OC)c(Br)cc1Oc1cnc(N)nc1N. The molecule has 0 aliphatic heterocycles. The minimum absolute atomic E-state index is 0.112. The molecule has 1 heterocycles. The molecular weight excluding hydrogens is 324 g/mol. The number of aryl methyl sites for hydroxylation is 1. The Bertz CT molecular complexity index is 634. The highest BCUT2D eigenvalue weighted by Crippen LogP contribution is 2.36. The third-order valence-electron chi connectivity index (χ3n) is 2.74. The van der Waals surface area contributed by atoms with Gasteiger partial charge in [0.05, 0.1) is 17.8 Å². The van der Waals surface area contributed by atoms with Crippen LogP contribution in [0.3, 0.4) is 0 Å². The zero-order valence-corrected chi connectivity index (χ0v) is 12.8. The van der Waals surface area contributed by atoms with E-state index < -0.39 is 0 Å². The smallest absolute Gasteiger partial charge is 0.222 e. The van der Waals surface area contributed by atoms with Crippen molar-refractivity contribution >= 4 is 27.7 Å². The standard InChI is InChI=1S/C13H15BrN4O2/c1-3-7-4-10(19-2)8(14)5-9(7)20-11-6-17-13(16)18-12(11)15/h4-6H,3H2,1-2H3,(H4,15,16,17,18). The maximum atomic E-state index is 5.78. The molecular formula is C13H15BrN4O2. The minimum atomic E-state index is 0.112. The van der Waals surface area contributed by atoms with Gasteiger partial charge in [0.2, 0.25) is 5.95 Å². The summed E-state index contributed by atoms with van der Waals surface area (Å²) >= 11 is 3.43. The van der Waals surface area contributed by atoms with E-state index in [0.29, 0.717) is 11.5 Å². The Kier molecular flexibility index (Phi) is 4.29. The maximum absolute atomic E-state index is 5.78. The molecule has 1 aromatic heterocycles. The molecule has 0 atom stereocenters. The summed E-state index contributed by atoms with van der Waals surface area (Å²) in [5.41, 5.74) is 12.2. The number of rotatable bonds is 4. The fraction of sp³-hybridized carbons (Fsp3) is 0.231. The van der Waals surface area contributed by atoms with Crippen molar-refractivity contribution < 1.29 is 9.47 Å². The topological polar surface area (TPSA) is 96.3 Å². The molecule has 0 aliphatic rings. The molecule has 0 radical (unpaired) electrons. The molecule has 6 nitrogen and oxygen atoms in total. The quantitative estimate of drug-likeness (QED) is 0.889. The molecule has 0 saturated heterocycles. The first-order chi connectivity index (χ1) is 9.55. The van der Waals surface area contributed by atoms with Crippen LogP contribution in [-0.2, 0) is 6.42 Å². The normalized spacial score (nSPS) is 10.3. The molecule has 0 amide bonds. The summed E-state index contributed by atoms with van der Waals surface area (Å²) in [5.74, 6) is 2.09. The van der Waals surface area contributed by atoms with E-state index in [4.69, 9.17) is 20.9 Å². The summed E-state index contributed by atoms with van der Waals surface area (Å²) in [6, 6.07) is 3.74. The van der Waals surface area contributed by atoms with Crippen molar-refractivity contribution in [3.63, 3.8) is 0 Å². The van der Waals surface area contributed by atoms with Crippen LogP contribution >= 0.6 is 15.9 Å². The highest BCUT2D eigenvalue weighted by atomic mass is 79.9. The summed E-state index contributed by atoms with van der Waals surface area (Å²) in [6.45, 7) is 2.03. The second kappa shape index (κ2) is 5.96. The largest absolute Gasteiger partial charge is 0.496 e. The first-order valence-corrected chi connectivity index (χ1v) is 6.76. The molecule has 0 fully saturated rings. The Labute approximate surface area is 125 Å². The predicted octanol–water partition coefficient (Wildman–Crippen LogP) is 2.77. The van der Waals surface area contributed by atoms with Crippen LogP contribution in [0.2, 0.25) is 0 Å². The van der Waals surface area contributed by atoms with E-state index in [-0.39, 0.29) is 11.8 Å². The number of nitrogen functional groups attached to an aromatic ring is 2. The van der Waals surface area contributed by atoms with Gasteiger partial charge < -0.3 is 20.9 Å². The first-order valence-electron chi connectivity index (χ1n) is 5.97. The zero-order chi connectivity index (χ0) is 14.7. The van der Waals surface area contributed by atoms with Gasteiger partial charge in [-0.2, -0.15) is 4.98 Å². The van der Waals surface area contributed by atoms with Crippen molar-refractivity contribution in [2.45, 2.75) is 13.3 Å². The average Bonchev–Trinajstić information content (AvgIpc) is 2.42. The average molecular weight is 339 g/mol. The molecule has 0 spiro atoms. The van der Waals surface area contributed by atoms with E-state index in [9.17, 15) is 0 Å². The van der Waals surface area contributed by atoms with E-state index in [1.54, 1.807) is 7.11 Å². The summed E-state index contributed by atoms with van der Waals surface area (Å²) in [4.78, 5) is 7.74. The highest BCUT2D eigenvalue weighted by Gasteiger charge is 2.12. The molecule has 0 saturated carbocycles. The number of halogens is 1. The van der Waals surface area contributed by atoms with Crippen molar-refractivity contribution in [1.82, 2.24) is 9.97 Å². The van der Waals surface area contributed by atoms with Crippen LogP contribution in [0, 0.1) is 0 Å². The van der Waals surface area contributed by atoms with Crippen LogP contribution in [0.1, 0.15) is 12.5 Å². The number of nitrogens with zero attached hydrogens (tertiary/aromatic N) is 2. The van der Waals surface area contributed by atoms with Crippen LogP contribution in [0.5, 0.6) is 17.2 Å². The molecule has 4 N–H and O–H groups in total. The monoisotopic (exact) mass is 338 g/mol. The van der Waals surface area contributed by atoms with Crippen LogP contribution in [0.15, 0.2) is 22.8 Å². The third-order valence-corrected chi connectivity index (χ3v) is 3.36. The molecule has 1 aromatic carbocycles. The van der Waals surface area contributed by atoms with Gasteiger partial charge in [-0.15, -0.1) is 0 Å². The van der Waals surface area contributed by atoms with E-state index in [1.165, 1.54) is 6.20 Å². The lowest BCUT2D eigenvalue weighted by Gasteiger charge is -2.13. The predicted molar refractivity (Wildman–Crippen MR) is 81.0 cm³/mol. The maximum Gasteiger partial charge on any atom is 0.222 e. The van der Waals surface area contributed by atoms with Gasteiger partial charge in [-0.3, -0.25) is 0 Å². The molecule has 0 aliphatic carbocycles. The zero-order valence-electron chi connectivity index (χ0n) is 11.2. The van der Waals surface area contributed by atoms with Crippen LogP contribution in [0.4, 0.5) is 11.8 Å². The van der Waals surface area contributed by atoms with E-state index in [2.05, 4.69) is 25.9 Å². The fourth-order valence-electron chi connectivity index (χ4n) is 1.70. The number of ether oxygens (including phenoxy) is 2. The van der Waals surface area contributed by atoms with Crippen molar-refractivity contribution in [2.24, 2.45) is 0 Å². The Morgan fingerprint density at radius 2 is 1.95 bits per heavy atom. The summed E-state index contributed by atoms with van der Waals surface area (Å²) < 4.78 is 11.8. The Morgan fingerprint density at radius 3 is 2.55 bits per heavy atom. The number of aromatic nitrogens is 2. The number of methoxy groups -OCH3 is 1. The first kappa shape index (κ1) is 14.4. The number of anilines is 2. The summed E-state index contributed by atoms with van der Waals surface area (Å²) in [7, 11) is 1.62. The lowest BCUT2D eigenvalue weighted by Crippen LogP contribution is -2.02. The van der Waals surface area contributed by atoms with E-state index in [1.807, 2.05) is 19.1 Å². The van der Waals surface area contributed by atoms with Crippen molar-refractivity contribution in [3.8, 4) is 17.2 Å². The lowest BCUT2D eigenvalue weighted by atomic mass is 10.1. The van der Waals surface area contributed by atoms with Gasteiger partial charge in [-0.25, -0.2) is 4.98 Å². The van der Waals surface area contributed by atoms with Gasteiger partial charge in [0, 0.05) is 0 Å². The molecule has 7 heteroatoms. The van der Waals surface area contributed by atoms with E-state index >= 15 is 0 Å². The fourth-order valence-corrected chi connectivity index (χ4v) is 2.18. The van der Waals surface area contributed by atoms with E-state index in [0.717, 1.165) is 22.2 Å². The van der Waals surface area contributed by atoms with Crippen molar-refractivity contribution in [2.75, 3.05) is 18.6 Å². The molecule has 0 unspecified atom stereocenters. The molecule has 0 bridgehead atoms. The second-order valence-corrected chi connectivity index (χ2v) is 4.88. The molecule has 2 aromatic rings. The van der Waals surface area contributed by atoms with Gasteiger partial charge in [-0.05, 0) is 40.0 Å². The minimum Gasteiger partial charge on any atom is -0.496 e. The van der Waals surface area contributed by atoms with Gasteiger partial charge in [0.1, 0.15) is 11.5 Å². The Hall–Kier alpha value is -2.02. The highest BCUT2D eigenvalue weighted by molar-refractivity contribution is 9.10. The number of benzene rings is 1. The number of hydrogen-bond donors (Lipinski definition) is 2. The number of hydrogen-bond acceptors (Lipinski definition) is 6. The summed E-state index contributed by atoms with van der Waals surface area (Å²) in [6.07, 6.45) is 2.24.